The van der Waals surface area contributed by atoms with E-state index in [0.29, 0.717) is 16.8 Å². The van der Waals surface area contributed by atoms with E-state index in [2.05, 4.69) is 9.97 Å². The maximum atomic E-state index is 11.7. The lowest BCUT2D eigenvalue weighted by atomic mass is 10.0. The van der Waals surface area contributed by atoms with Crippen LogP contribution in [0.4, 0.5) is 5.95 Å². The highest BCUT2D eigenvalue weighted by Gasteiger charge is 2.14. The van der Waals surface area contributed by atoms with Gasteiger partial charge in [-0.15, -0.1) is 0 Å². The number of carbonyl (C=O) groups is 1. The van der Waals surface area contributed by atoms with Gasteiger partial charge in [0.1, 0.15) is 0 Å². The third kappa shape index (κ3) is 2.29. The largest absolute Gasteiger partial charge is 0.465 e. The van der Waals surface area contributed by atoms with E-state index < -0.39 is 5.97 Å². The molecule has 0 radical (unpaired) electrons. The number of esters is 1. The van der Waals surface area contributed by atoms with E-state index in [1.54, 1.807) is 24.3 Å². The molecule has 2 aromatic rings. The highest BCUT2D eigenvalue weighted by Crippen LogP contribution is 2.23. The lowest BCUT2D eigenvalue weighted by molar-refractivity contribution is 0.0601. The van der Waals surface area contributed by atoms with E-state index >= 15 is 0 Å². The molecule has 0 saturated carbocycles. The Morgan fingerprint density at radius 1 is 1.28 bits per heavy atom. The van der Waals surface area contributed by atoms with Gasteiger partial charge in [-0.25, -0.2) is 14.8 Å². The molecule has 18 heavy (non-hydrogen) atoms. The molecule has 0 aliphatic heterocycles. The summed E-state index contributed by atoms with van der Waals surface area (Å²) >= 11 is 0. The first kappa shape index (κ1) is 12.0. The van der Waals surface area contributed by atoms with Crippen molar-refractivity contribution in [3.63, 3.8) is 0 Å². The maximum Gasteiger partial charge on any atom is 0.338 e. The number of anilines is 1. The Balaban J connectivity index is 2.60. The van der Waals surface area contributed by atoms with Crippen molar-refractivity contribution in [2.45, 2.75) is 6.92 Å². The summed E-state index contributed by atoms with van der Waals surface area (Å²) in [5.41, 5.74) is 8.11. The summed E-state index contributed by atoms with van der Waals surface area (Å²) < 4.78 is 4.75. The van der Waals surface area contributed by atoms with Gasteiger partial charge in [-0.05, 0) is 19.1 Å². The van der Waals surface area contributed by atoms with Crippen LogP contribution in [0.3, 0.4) is 0 Å². The first-order chi connectivity index (χ1) is 8.61. The van der Waals surface area contributed by atoms with Crippen LogP contribution in [-0.2, 0) is 4.74 Å². The second-order valence-electron chi connectivity index (χ2n) is 3.79. The van der Waals surface area contributed by atoms with Crippen molar-refractivity contribution < 1.29 is 9.53 Å². The average Bonchev–Trinajstić information content (AvgIpc) is 2.36. The normalized spacial score (nSPS) is 10.1. The van der Waals surface area contributed by atoms with Crippen molar-refractivity contribution in [2.75, 3.05) is 12.8 Å². The fourth-order valence-corrected chi connectivity index (χ4v) is 1.72. The lowest BCUT2D eigenvalue weighted by Crippen LogP contribution is -2.05. The number of nitrogens with two attached hydrogens (primary N) is 1. The molecule has 0 saturated heterocycles. The van der Waals surface area contributed by atoms with E-state index in [0.717, 1.165) is 5.69 Å². The number of hydrogen-bond donors (Lipinski definition) is 1. The van der Waals surface area contributed by atoms with Crippen molar-refractivity contribution in [1.29, 1.82) is 0 Å². The third-order valence-corrected chi connectivity index (χ3v) is 2.48. The number of rotatable bonds is 2. The first-order valence-corrected chi connectivity index (χ1v) is 5.40. The number of nitrogen functional groups attached to an aromatic ring is 1. The number of methoxy groups -OCH3 is 1. The van der Waals surface area contributed by atoms with Gasteiger partial charge in [0.05, 0.1) is 18.4 Å². The van der Waals surface area contributed by atoms with Gasteiger partial charge in [-0.3, -0.25) is 0 Å². The third-order valence-electron chi connectivity index (χ3n) is 2.48. The minimum absolute atomic E-state index is 0.185. The molecule has 1 aromatic carbocycles. The second-order valence-corrected chi connectivity index (χ2v) is 3.79. The molecule has 1 heterocycles. The van der Waals surface area contributed by atoms with E-state index in [1.807, 2.05) is 13.0 Å². The monoisotopic (exact) mass is 243 g/mol. The molecule has 0 amide bonds. The van der Waals surface area contributed by atoms with Gasteiger partial charge >= 0.3 is 5.97 Å². The van der Waals surface area contributed by atoms with Crippen LogP contribution in [0.5, 0.6) is 0 Å². The zero-order valence-corrected chi connectivity index (χ0v) is 10.2. The summed E-state index contributed by atoms with van der Waals surface area (Å²) in [6.07, 6.45) is 0. The molecule has 5 nitrogen and oxygen atoms in total. The molecular weight excluding hydrogens is 230 g/mol. The molecule has 0 atom stereocenters. The molecular formula is C13H13N3O2. The summed E-state index contributed by atoms with van der Waals surface area (Å²) in [4.78, 5) is 19.8. The lowest BCUT2D eigenvalue weighted by Gasteiger charge is -2.08. The molecule has 2 rings (SSSR count). The Morgan fingerprint density at radius 3 is 2.67 bits per heavy atom. The van der Waals surface area contributed by atoms with Gasteiger partial charge in [0, 0.05) is 11.3 Å². The van der Waals surface area contributed by atoms with Crippen molar-refractivity contribution in [1.82, 2.24) is 9.97 Å². The molecule has 1 aromatic heterocycles. The number of hydrogen-bond acceptors (Lipinski definition) is 5. The molecule has 5 heteroatoms. The molecule has 92 valence electrons. The minimum atomic E-state index is -0.402. The summed E-state index contributed by atoms with van der Waals surface area (Å²) in [6.45, 7) is 1.82. The number of ether oxygens (including phenoxy) is 1. The van der Waals surface area contributed by atoms with Crippen molar-refractivity contribution in [3.05, 3.63) is 41.6 Å². The number of aryl methyl sites for hydroxylation is 1. The van der Waals surface area contributed by atoms with Crippen LogP contribution in [0.1, 0.15) is 16.1 Å². The van der Waals surface area contributed by atoms with Crippen LogP contribution in [0, 0.1) is 6.92 Å². The highest BCUT2D eigenvalue weighted by molar-refractivity contribution is 5.96. The van der Waals surface area contributed by atoms with Gasteiger partial charge in [0.15, 0.2) is 0 Å². The minimum Gasteiger partial charge on any atom is -0.465 e. The van der Waals surface area contributed by atoms with E-state index in [4.69, 9.17) is 10.5 Å². The Bertz CT molecular complexity index is 576. The molecule has 0 fully saturated rings. The number of benzene rings is 1. The Kier molecular flexibility index (Phi) is 3.23. The number of aromatic nitrogens is 2. The summed E-state index contributed by atoms with van der Waals surface area (Å²) in [5.74, 6) is -0.217. The summed E-state index contributed by atoms with van der Waals surface area (Å²) in [7, 11) is 1.35. The Hall–Kier alpha value is -2.43. The van der Waals surface area contributed by atoms with Gasteiger partial charge in [0.2, 0.25) is 5.95 Å². The maximum absolute atomic E-state index is 11.7. The molecule has 0 aliphatic rings. The fraction of sp³-hybridized carbons (Fsp3) is 0.154. The van der Waals surface area contributed by atoms with Crippen molar-refractivity contribution in [3.8, 4) is 11.3 Å². The zero-order chi connectivity index (χ0) is 13.1. The van der Waals surface area contributed by atoms with Crippen molar-refractivity contribution >= 4 is 11.9 Å². The van der Waals surface area contributed by atoms with Crippen LogP contribution in [0.2, 0.25) is 0 Å². The van der Waals surface area contributed by atoms with Gasteiger partial charge < -0.3 is 10.5 Å². The molecule has 0 unspecified atom stereocenters. The predicted octanol–water partition coefficient (Wildman–Crippen LogP) is 1.82. The number of carbonyl (C=O) groups excluding carboxylic acids is 1. The van der Waals surface area contributed by atoms with Crippen LogP contribution < -0.4 is 5.73 Å². The van der Waals surface area contributed by atoms with E-state index in [-0.39, 0.29) is 5.95 Å². The van der Waals surface area contributed by atoms with E-state index in [9.17, 15) is 4.79 Å². The molecule has 2 N–H and O–H groups in total. The Labute approximate surface area is 105 Å². The topological polar surface area (TPSA) is 78.1 Å². The molecule has 0 spiro atoms. The fourth-order valence-electron chi connectivity index (χ4n) is 1.72. The average molecular weight is 243 g/mol. The molecule has 0 aliphatic carbocycles. The van der Waals surface area contributed by atoms with Gasteiger partial charge in [-0.2, -0.15) is 0 Å². The SMILES string of the molecule is COC(=O)c1ccccc1-c1cc(C)nc(N)n1. The summed E-state index contributed by atoms with van der Waals surface area (Å²) in [5, 5.41) is 0. The molecule has 0 bridgehead atoms. The van der Waals surface area contributed by atoms with Crippen molar-refractivity contribution in [2.24, 2.45) is 0 Å². The van der Waals surface area contributed by atoms with Crippen LogP contribution in [0.25, 0.3) is 11.3 Å². The van der Waals surface area contributed by atoms with Gasteiger partial charge in [0.25, 0.3) is 0 Å². The smallest absolute Gasteiger partial charge is 0.338 e. The van der Waals surface area contributed by atoms with Crippen LogP contribution in [0.15, 0.2) is 30.3 Å². The van der Waals surface area contributed by atoms with Gasteiger partial charge in [-0.1, -0.05) is 18.2 Å². The number of nitrogens with zero attached hydrogens (tertiary/aromatic N) is 2. The zero-order valence-electron chi connectivity index (χ0n) is 10.2. The second kappa shape index (κ2) is 4.83. The van der Waals surface area contributed by atoms with Crippen LogP contribution >= 0.6 is 0 Å². The first-order valence-electron chi connectivity index (χ1n) is 5.40. The highest BCUT2D eigenvalue weighted by atomic mass is 16.5. The van der Waals surface area contributed by atoms with E-state index in [1.165, 1.54) is 7.11 Å². The predicted molar refractivity (Wildman–Crippen MR) is 68.0 cm³/mol. The van der Waals surface area contributed by atoms with Crippen LogP contribution in [-0.4, -0.2) is 23.0 Å². The standard InChI is InChI=1S/C13H13N3O2/c1-8-7-11(16-13(14)15-8)9-5-3-4-6-10(9)12(17)18-2/h3-7H,1-2H3,(H2,14,15,16). The Morgan fingerprint density at radius 2 is 2.00 bits per heavy atom. The summed E-state index contributed by atoms with van der Waals surface area (Å²) in [6, 6.07) is 8.86. The quantitative estimate of drug-likeness (QED) is 0.814.